The maximum Gasteiger partial charge on any atom is 0.248 e. The molecule has 1 heterocycles. The molecule has 0 aliphatic carbocycles. The topological polar surface area (TPSA) is 81.4 Å². The summed E-state index contributed by atoms with van der Waals surface area (Å²) in [6.45, 7) is 0.446. The van der Waals surface area contributed by atoms with Crippen molar-refractivity contribution in [2.75, 3.05) is 6.61 Å². The van der Waals surface area contributed by atoms with Crippen LogP contribution < -0.4 is 15.8 Å². The van der Waals surface area contributed by atoms with Crippen LogP contribution in [0.4, 0.5) is 0 Å². The second-order valence-electron chi connectivity index (χ2n) is 3.68. The van der Waals surface area contributed by atoms with E-state index in [0.29, 0.717) is 25.0 Å². The van der Waals surface area contributed by atoms with E-state index in [1.807, 2.05) is 0 Å². The van der Waals surface area contributed by atoms with Gasteiger partial charge in [-0.15, -0.1) is 0 Å². The van der Waals surface area contributed by atoms with E-state index in [0.717, 1.165) is 11.3 Å². The van der Waals surface area contributed by atoms with Gasteiger partial charge in [0, 0.05) is 5.56 Å². The minimum atomic E-state index is -0.465. The number of rotatable bonds is 3. The smallest absolute Gasteiger partial charge is 0.248 e. The number of carbonyl (C=O) groups is 2. The molecule has 5 nitrogen and oxygen atoms in total. The van der Waals surface area contributed by atoms with E-state index in [1.165, 1.54) is 0 Å². The predicted molar refractivity (Wildman–Crippen MR) is 57.1 cm³/mol. The number of hydrogen-bond donors (Lipinski definition) is 2. The third-order valence-electron chi connectivity index (χ3n) is 2.56. The molecule has 2 amide bonds. The Bertz CT molecular complexity index is 431. The summed E-state index contributed by atoms with van der Waals surface area (Å²) in [6.07, 6.45) is 1.30. The van der Waals surface area contributed by atoms with Crippen molar-refractivity contribution in [3.05, 3.63) is 29.3 Å². The molecule has 0 fully saturated rings. The van der Waals surface area contributed by atoms with Crippen LogP contribution >= 0.6 is 0 Å². The Labute approximate surface area is 92.6 Å². The van der Waals surface area contributed by atoms with Crippen LogP contribution in [0.2, 0.25) is 0 Å². The zero-order valence-corrected chi connectivity index (χ0v) is 8.60. The number of hydrogen-bond acceptors (Lipinski definition) is 3. The Hall–Kier alpha value is -2.04. The fourth-order valence-electron chi connectivity index (χ4n) is 1.75. The van der Waals surface area contributed by atoms with Gasteiger partial charge in [0.2, 0.25) is 12.3 Å². The Kier molecular flexibility index (Phi) is 2.76. The molecule has 0 bridgehead atoms. The highest BCUT2D eigenvalue weighted by Crippen LogP contribution is 2.25. The molecule has 1 unspecified atom stereocenters. The molecule has 1 aliphatic heterocycles. The molecule has 1 atom stereocenters. The second-order valence-corrected chi connectivity index (χ2v) is 3.68. The van der Waals surface area contributed by atoms with E-state index in [4.69, 9.17) is 10.5 Å². The molecule has 5 heteroatoms. The molecule has 2 rings (SSSR count). The summed E-state index contributed by atoms with van der Waals surface area (Å²) < 4.78 is 5.45. The zero-order chi connectivity index (χ0) is 11.5. The lowest BCUT2D eigenvalue weighted by atomic mass is 10.0. The number of nitrogens with one attached hydrogen (secondary N) is 1. The molecule has 0 radical (unpaired) electrons. The van der Waals surface area contributed by atoms with Crippen LogP contribution in [-0.2, 0) is 11.2 Å². The van der Waals surface area contributed by atoms with Gasteiger partial charge in [0.25, 0.3) is 0 Å². The molecule has 84 valence electrons. The lowest BCUT2D eigenvalue weighted by Gasteiger charge is -2.24. The number of benzene rings is 1. The van der Waals surface area contributed by atoms with Gasteiger partial charge in [0.05, 0.1) is 6.04 Å². The first-order valence-corrected chi connectivity index (χ1v) is 4.96. The van der Waals surface area contributed by atoms with Crippen LogP contribution in [-0.4, -0.2) is 25.0 Å². The van der Waals surface area contributed by atoms with Crippen molar-refractivity contribution in [1.29, 1.82) is 0 Å². The fraction of sp³-hybridized carbons (Fsp3) is 0.273. The van der Waals surface area contributed by atoms with E-state index < -0.39 is 5.91 Å². The van der Waals surface area contributed by atoms with Gasteiger partial charge in [-0.05, 0) is 30.2 Å². The van der Waals surface area contributed by atoms with Gasteiger partial charge in [0.15, 0.2) is 0 Å². The average molecular weight is 220 g/mol. The lowest BCUT2D eigenvalue weighted by molar-refractivity contribution is -0.110. The van der Waals surface area contributed by atoms with Crippen molar-refractivity contribution in [1.82, 2.24) is 5.32 Å². The van der Waals surface area contributed by atoms with Gasteiger partial charge in [-0.1, -0.05) is 0 Å². The highest BCUT2D eigenvalue weighted by molar-refractivity contribution is 5.93. The monoisotopic (exact) mass is 220 g/mol. The molecule has 0 saturated carbocycles. The van der Waals surface area contributed by atoms with E-state index in [9.17, 15) is 9.59 Å². The molecule has 0 saturated heterocycles. The van der Waals surface area contributed by atoms with Crippen molar-refractivity contribution in [3.63, 3.8) is 0 Å². The first-order chi connectivity index (χ1) is 7.70. The van der Waals surface area contributed by atoms with Crippen LogP contribution in [0.5, 0.6) is 5.75 Å². The summed E-state index contributed by atoms with van der Waals surface area (Å²) in [5.41, 5.74) is 6.53. The van der Waals surface area contributed by atoms with Crippen molar-refractivity contribution in [2.45, 2.75) is 12.5 Å². The SMILES string of the molecule is NC(=O)c1ccc2c(c1)CC(NC=O)CO2. The summed E-state index contributed by atoms with van der Waals surface area (Å²) in [5, 5.41) is 2.65. The summed E-state index contributed by atoms with van der Waals surface area (Å²) in [6, 6.07) is 5.02. The minimum absolute atomic E-state index is 0.0480. The number of carbonyl (C=O) groups excluding carboxylic acids is 2. The molecular weight excluding hydrogens is 208 g/mol. The first kappa shape index (κ1) is 10.5. The lowest BCUT2D eigenvalue weighted by Crippen LogP contribution is -2.38. The molecule has 1 aliphatic rings. The molecule has 0 spiro atoms. The summed E-state index contributed by atoms with van der Waals surface area (Å²) in [4.78, 5) is 21.3. The third-order valence-corrected chi connectivity index (χ3v) is 2.56. The molecule has 1 aromatic rings. The summed E-state index contributed by atoms with van der Waals surface area (Å²) in [5.74, 6) is 0.280. The highest BCUT2D eigenvalue weighted by Gasteiger charge is 2.19. The number of ether oxygens (including phenoxy) is 1. The Morgan fingerprint density at radius 1 is 1.56 bits per heavy atom. The van der Waals surface area contributed by atoms with E-state index >= 15 is 0 Å². The molecule has 16 heavy (non-hydrogen) atoms. The number of amides is 2. The van der Waals surface area contributed by atoms with Crippen molar-refractivity contribution < 1.29 is 14.3 Å². The van der Waals surface area contributed by atoms with Gasteiger partial charge in [-0.3, -0.25) is 9.59 Å². The largest absolute Gasteiger partial charge is 0.491 e. The van der Waals surface area contributed by atoms with Gasteiger partial charge < -0.3 is 15.8 Å². The fourth-order valence-corrected chi connectivity index (χ4v) is 1.75. The molecule has 1 aromatic carbocycles. The van der Waals surface area contributed by atoms with Crippen molar-refractivity contribution >= 4 is 12.3 Å². The molecule has 3 N–H and O–H groups in total. The van der Waals surface area contributed by atoms with Gasteiger partial charge >= 0.3 is 0 Å². The van der Waals surface area contributed by atoms with Crippen LogP contribution in [0.15, 0.2) is 18.2 Å². The number of fused-ring (bicyclic) bond motifs is 1. The Morgan fingerprint density at radius 3 is 3.06 bits per heavy atom. The Balaban J connectivity index is 2.24. The first-order valence-electron chi connectivity index (χ1n) is 4.96. The standard InChI is InChI=1S/C11H12N2O3/c12-11(15)7-1-2-10-8(3-7)4-9(5-16-10)13-6-14/h1-3,6,9H,4-5H2,(H2,12,15)(H,13,14). The third kappa shape index (κ3) is 1.98. The maximum absolute atomic E-state index is 11.0. The minimum Gasteiger partial charge on any atom is -0.491 e. The van der Waals surface area contributed by atoms with E-state index in [2.05, 4.69) is 5.32 Å². The van der Waals surface area contributed by atoms with Gasteiger partial charge in [-0.25, -0.2) is 0 Å². The molecular formula is C11H12N2O3. The number of nitrogens with two attached hydrogens (primary N) is 1. The van der Waals surface area contributed by atoms with Crippen LogP contribution in [0.3, 0.4) is 0 Å². The van der Waals surface area contributed by atoms with E-state index in [-0.39, 0.29) is 6.04 Å². The van der Waals surface area contributed by atoms with Crippen LogP contribution in [0.1, 0.15) is 15.9 Å². The summed E-state index contributed by atoms with van der Waals surface area (Å²) >= 11 is 0. The van der Waals surface area contributed by atoms with Crippen LogP contribution in [0, 0.1) is 0 Å². The normalized spacial score (nSPS) is 18.1. The van der Waals surface area contributed by atoms with Crippen LogP contribution in [0.25, 0.3) is 0 Å². The maximum atomic E-state index is 11.0. The summed E-state index contributed by atoms with van der Waals surface area (Å²) in [7, 11) is 0. The van der Waals surface area contributed by atoms with Gasteiger partial charge in [-0.2, -0.15) is 0 Å². The van der Waals surface area contributed by atoms with Crippen molar-refractivity contribution in [3.8, 4) is 5.75 Å². The van der Waals surface area contributed by atoms with E-state index in [1.54, 1.807) is 18.2 Å². The highest BCUT2D eigenvalue weighted by atomic mass is 16.5. The zero-order valence-electron chi connectivity index (χ0n) is 8.60. The Morgan fingerprint density at radius 2 is 2.38 bits per heavy atom. The molecule has 0 aromatic heterocycles. The predicted octanol–water partition coefficient (Wildman–Crippen LogP) is -0.165. The second kappa shape index (κ2) is 4.22. The van der Waals surface area contributed by atoms with Gasteiger partial charge in [0.1, 0.15) is 12.4 Å². The van der Waals surface area contributed by atoms with Crippen molar-refractivity contribution in [2.24, 2.45) is 5.73 Å². The quantitative estimate of drug-likeness (QED) is 0.694. The number of primary amides is 1. The average Bonchev–Trinajstić information content (AvgIpc) is 2.28.